The number of hydrogen-bond donors (Lipinski definition) is 2. The zero-order valence-corrected chi connectivity index (χ0v) is 23.4. The zero-order chi connectivity index (χ0) is 27.2. The summed E-state index contributed by atoms with van der Waals surface area (Å²) in [7, 11) is 0. The summed E-state index contributed by atoms with van der Waals surface area (Å²) in [4.78, 5) is 33.0. The molecule has 38 heavy (non-hydrogen) atoms. The van der Waals surface area contributed by atoms with Crippen LogP contribution >= 0.6 is 46.9 Å². The van der Waals surface area contributed by atoms with Gasteiger partial charge in [0.15, 0.2) is 8.29 Å². The highest BCUT2D eigenvalue weighted by Gasteiger charge is 2.13. The van der Waals surface area contributed by atoms with Crippen LogP contribution in [0.2, 0.25) is 5.02 Å². The molecule has 198 valence electrons. The number of amides is 1. The van der Waals surface area contributed by atoms with Crippen molar-refractivity contribution in [2.24, 2.45) is 0 Å². The number of anilines is 3. The van der Waals surface area contributed by atoms with Gasteiger partial charge in [-0.1, -0.05) is 34.7 Å². The number of halogens is 2. The highest BCUT2D eigenvalue weighted by Crippen LogP contribution is 2.28. The molecule has 0 fully saturated rings. The summed E-state index contributed by atoms with van der Waals surface area (Å²) in [5, 5.41) is 11.0. The Kier molecular flexibility index (Phi) is 9.26. The second-order valence-electron chi connectivity index (χ2n) is 8.18. The van der Waals surface area contributed by atoms with Gasteiger partial charge in [0.2, 0.25) is 5.91 Å². The molecule has 2 aromatic carbocycles. The van der Waals surface area contributed by atoms with Gasteiger partial charge in [-0.15, -0.1) is 0 Å². The van der Waals surface area contributed by atoms with E-state index in [2.05, 4.69) is 25.7 Å². The zero-order valence-electron chi connectivity index (χ0n) is 20.2. The van der Waals surface area contributed by atoms with Crippen molar-refractivity contribution in [3.63, 3.8) is 0 Å². The van der Waals surface area contributed by atoms with Gasteiger partial charge in [-0.2, -0.15) is 5.10 Å². The third-order valence-corrected chi connectivity index (χ3v) is 7.61. The average Bonchev–Trinajstić information content (AvgIpc) is 3.19. The quantitative estimate of drug-likeness (QED) is 0.126. The van der Waals surface area contributed by atoms with E-state index in [0.29, 0.717) is 42.1 Å². The number of aromatic nitrogens is 4. The highest BCUT2D eigenvalue weighted by atomic mass is 35.5. The first-order valence-corrected chi connectivity index (χ1v) is 13.9. The fraction of sp³-hybridized carbons (Fsp3) is 0.250. The largest absolute Gasteiger partial charge is 0.463 e. The summed E-state index contributed by atoms with van der Waals surface area (Å²) in [5.41, 5.74) is 1.72. The van der Waals surface area contributed by atoms with Crippen LogP contribution in [0.1, 0.15) is 20.3 Å². The van der Waals surface area contributed by atoms with Crippen molar-refractivity contribution < 1.29 is 18.7 Å². The topological polar surface area (TPSA) is 111 Å². The Labute approximate surface area is 235 Å². The number of esters is 1. The number of nitrogens with zero attached hydrogens (tertiary/aromatic N) is 4. The standard InChI is InChI=1S/C24H22ClFN6O3S3/c1-13(2)35-21(34)7-8-37-23-31-32(24(36)38-23)11-20(33)29-14-4-6-19-16(9-14)22(28-12-27-19)30-15-3-5-18(26)17(25)10-15/h3-6,9-10,12-13H,7-8,11H2,1-2H3,(H,29,33)(H,27,28,30). The fourth-order valence-corrected chi connectivity index (χ4v) is 5.77. The molecule has 0 aliphatic heterocycles. The lowest BCUT2D eigenvalue weighted by atomic mass is 10.2. The molecule has 0 spiro atoms. The molecule has 0 radical (unpaired) electrons. The maximum Gasteiger partial charge on any atom is 0.306 e. The van der Waals surface area contributed by atoms with Crippen molar-refractivity contribution in [2.75, 3.05) is 16.4 Å². The third-order valence-electron chi connectivity index (χ3n) is 4.88. The van der Waals surface area contributed by atoms with Gasteiger partial charge in [-0.3, -0.25) is 9.59 Å². The van der Waals surface area contributed by atoms with Gasteiger partial charge >= 0.3 is 5.97 Å². The number of ether oxygens (including phenoxy) is 1. The van der Waals surface area contributed by atoms with Crippen molar-refractivity contribution in [3.8, 4) is 0 Å². The average molecular weight is 593 g/mol. The Morgan fingerprint density at radius 1 is 1.21 bits per heavy atom. The fourth-order valence-electron chi connectivity index (χ4n) is 3.27. The number of benzene rings is 2. The van der Waals surface area contributed by atoms with Crippen molar-refractivity contribution in [2.45, 2.75) is 37.3 Å². The van der Waals surface area contributed by atoms with Crippen LogP contribution in [0, 0.1) is 9.77 Å². The van der Waals surface area contributed by atoms with Crippen LogP contribution in [0.5, 0.6) is 0 Å². The van der Waals surface area contributed by atoms with Gasteiger partial charge in [0.25, 0.3) is 0 Å². The van der Waals surface area contributed by atoms with Crippen molar-refractivity contribution in [1.29, 1.82) is 0 Å². The second kappa shape index (κ2) is 12.6. The van der Waals surface area contributed by atoms with Gasteiger partial charge in [0.1, 0.15) is 24.5 Å². The Bertz CT molecular complexity index is 1540. The van der Waals surface area contributed by atoms with Crippen LogP contribution in [0.3, 0.4) is 0 Å². The lowest BCUT2D eigenvalue weighted by Crippen LogP contribution is -2.19. The molecular formula is C24H22ClFN6O3S3. The number of thioether (sulfide) groups is 1. The maximum atomic E-state index is 13.5. The Morgan fingerprint density at radius 2 is 2.00 bits per heavy atom. The molecule has 1 amide bonds. The van der Waals surface area contributed by atoms with Crippen LogP contribution in [-0.4, -0.2) is 43.5 Å². The molecule has 0 aliphatic carbocycles. The molecule has 0 bridgehead atoms. The van der Waals surface area contributed by atoms with Crippen LogP contribution < -0.4 is 10.6 Å². The van der Waals surface area contributed by atoms with E-state index in [0.717, 1.165) is 0 Å². The number of hydrogen-bond acceptors (Lipinski definition) is 10. The van der Waals surface area contributed by atoms with Gasteiger partial charge in [-0.05, 0) is 62.5 Å². The molecular weight excluding hydrogens is 571 g/mol. The number of nitrogens with one attached hydrogen (secondary N) is 2. The van der Waals surface area contributed by atoms with Crippen LogP contribution in [-0.2, 0) is 20.9 Å². The molecule has 2 aromatic heterocycles. The summed E-state index contributed by atoms with van der Waals surface area (Å²) in [6.45, 7) is 3.53. The molecule has 4 rings (SSSR count). The van der Waals surface area contributed by atoms with E-state index in [1.807, 2.05) is 0 Å². The lowest BCUT2D eigenvalue weighted by molar-refractivity contribution is -0.146. The van der Waals surface area contributed by atoms with E-state index in [1.54, 1.807) is 38.1 Å². The van der Waals surface area contributed by atoms with Crippen LogP contribution in [0.25, 0.3) is 10.9 Å². The van der Waals surface area contributed by atoms with E-state index in [1.165, 1.54) is 46.2 Å². The highest BCUT2D eigenvalue weighted by molar-refractivity contribution is 8.01. The molecule has 0 saturated heterocycles. The van der Waals surface area contributed by atoms with Gasteiger partial charge in [-0.25, -0.2) is 19.0 Å². The maximum absolute atomic E-state index is 13.5. The van der Waals surface area contributed by atoms with E-state index >= 15 is 0 Å². The molecule has 0 aliphatic rings. The molecule has 2 heterocycles. The summed E-state index contributed by atoms with van der Waals surface area (Å²) >= 11 is 13.9. The summed E-state index contributed by atoms with van der Waals surface area (Å²) in [5.74, 6) is -0.142. The second-order valence-corrected chi connectivity index (χ2v) is 11.6. The summed E-state index contributed by atoms with van der Waals surface area (Å²) in [6, 6.07) is 9.47. The van der Waals surface area contributed by atoms with E-state index in [9.17, 15) is 14.0 Å². The van der Waals surface area contributed by atoms with E-state index in [4.69, 9.17) is 28.6 Å². The molecule has 0 saturated carbocycles. The first-order chi connectivity index (χ1) is 18.2. The van der Waals surface area contributed by atoms with E-state index < -0.39 is 5.82 Å². The first-order valence-electron chi connectivity index (χ1n) is 11.3. The third kappa shape index (κ3) is 7.47. The molecule has 2 N–H and O–H groups in total. The normalized spacial score (nSPS) is 11.1. The van der Waals surface area contributed by atoms with Crippen LogP contribution in [0.15, 0.2) is 47.1 Å². The van der Waals surface area contributed by atoms with E-state index in [-0.39, 0.29) is 36.0 Å². The van der Waals surface area contributed by atoms with Crippen molar-refractivity contribution in [3.05, 3.63) is 57.5 Å². The number of carbonyl (C=O) groups is 2. The van der Waals surface area contributed by atoms with Gasteiger partial charge in [0, 0.05) is 22.5 Å². The van der Waals surface area contributed by atoms with Crippen molar-refractivity contribution in [1.82, 2.24) is 19.7 Å². The molecule has 0 unspecified atom stereocenters. The van der Waals surface area contributed by atoms with Gasteiger partial charge < -0.3 is 15.4 Å². The number of rotatable bonds is 10. The lowest BCUT2D eigenvalue weighted by Gasteiger charge is -2.11. The predicted octanol–water partition coefficient (Wildman–Crippen LogP) is 6.23. The van der Waals surface area contributed by atoms with Crippen molar-refractivity contribution >= 4 is 86.9 Å². The minimum Gasteiger partial charge on any atom is -0.463 e. The minimum atomic E-state index is -0.521. The monoisotopic (exact) mass is 592 g/mol. The Balaban J connectivity index is 1.41. The summed E-state index contributed by atoms with van der Waals surface area (Å²) < 4.78 is 21.2. The predicted molar refractivity (Wildman–Crippen MR) is 150 cm³/mol. The SMILES string of the molecule is CC(C)OC(=O)CCSc1nn(CC(=O)Nc2ccc3ncnc(Nc4ccc(F)c(Cl)c4)c3c2)c(=S)s1. The summed E-state index contributed by atoms with van der Waals surface area (Å²) in [6.07, 6.45) is 1.51. The smallest absolute Gasteiger partial charge is 0.306 e. The molecule has 9 nitrogen and oxygen atoms in total. The Hall–Kier alpha value is -3.13. The molecule has 4 aromatic rings. The number of fused-ring (bicyclic) bond motifs is 1. The van der Waals surface area contributed by atoms with Crippen LogP contribution in [0.4, 0.5) is 21.6 Å². The molecule has 14 heteroatoms. The minimum absolute atomic E-state index is 0.0165. The number of carbonyl (C=O) groups excluding carboxylic acids is 2. The molecule has 0 atom stereocenters. The van der Waals surface area contributed by atoms with Gasteiger partial charge in [0.05, 0.1) is 23.1 Å². The first kappa shape index (κ1) is 27.9. The Morgan fingerprint density at radius 3 is 2.76 bits per heavy atom.